The number of hydrogen-bond donors (Lipinski definition) is 1. The minimum Gasteiger partial charge on any atom is -0.353 e. The van der Waals surface area contributed by atoms with Gasteiger partial charge in [-0.2, -0.15) is 5.10 Å². The molecule has 0 aliphatic carbocycles. The number of nitrogens with one attached hydrogen (secondary N) is 1. The zero-order chi connectivity index (χ0) is 19.8. The van der Waals surface area contributed by atoms with Crippen LogP contribution >= 0.6 is 0 Å². The molecule has 2 rings (SSSR count). The van der Waals surface area contributed by atoms with Gasteiger partial charge in [-0.1, -0.05) is 25.1 Å². The van der Waals surface area contributed by atoms with Crippen molar-refractivity contribution in [3.05, 3.63) is 48.3 Å². The first-order chi connectivity index (χ1) is 12.9. The molecule has 1 aromatic carbocycles. The van der Waals surface area contributed by atoms with Crippen molar-refractivity contribution in [2.75, 3.05) is 26.7 Å². The van der Waals surface area contributed by atoms with Crippen LogP contribution in [0.2, 0.25) is 0 Å². The summed E-state index contributed by atoms with van der Waals surface area (Å²) >= 11 is 0. The van der Waals surface area contributed by atoms with Gasteiger partial charge in [0.2, 0.25) is 11.8 Å². The summed E-state index contributed by atoms with van der Waals surface area (Å²) in [6, 6.07) is 9.93. The Morgan fingerprint density at radius 2 is 1.89 bits per heavy atom. The van der Waals surface area contributed by atoms with Gasteiger partial charge in [-0.15, -0.1) is 0 Å². The van der Waals surface area contributed by atoms with E-state index in [1.165, 1.54) is 0 Å². The van der Waals surface area contributed by atoms with E-state index >= 15 is 0 Å². The molecule has 0 spiro atoms. The zero-order valence-corrected chi connectivity index (χ0v) is 16.6. The lowest BCUT2D eigenvalue weighted by Crippen LogP contribution is -2.44. The Morgan fingerprint density at radius 1 is 1.19 bits per heavy atom. The average molecular weight is 371 g/mol. The summed E-state index contributed by atoms with van der Waals surface area (Å²) in [7, 11) is 1.77. The molecule has 0 radical (unpaired) electrons. The van der Waals surface area contributed by atoms with Crippen LogP contribution in [-0.2, 0) is 16.1 Å². The molecule has 1 N–H and O–H groups in total. The normalized spacial score (nSPS) is 11.0. The van der Waals surface area contributed by atoms with Crippen LogP contribution in [0.3, 0.4) is 0 Å². The fourth-order valence-corrected chi connectivity index (χ4v) is 2.69. The van der Waals surface area contributed by atoms with Crippen LogP contribution in [0.4, 0.5) is 0 Å². The van der Waals surface area contributed by atoms with Crippen LogP contribution in [0.5, 0.6) is 0 Å². The van der Waals surface area contributed by atoms with Crippen LogP contribution in [0.15, 0.2) is 42.7 Å². The minimum atomic E-state index is -0.0635. The molecular weight excluding hydrogens is 342 g/mol. The highest BCUT2D eigenvalue weighted by molar-refractivity contribution is 5.81. The van der Waals surface area contributed by atoms with Gasteiger partial charge in [0.05, 0.1) is 25.0 Å². The number of aromatic nitrogens is 2. The average Bonchev–Trinajstić information content (AvgIpc) is 3.09. The predicted molar refractivity (Wildman–Crippen MR) is 105 cm³/mol. The van der Waals surface area contributed by atoms with E-state index in [9.17, 15) is 9.59 Å². The van der Waals surface area contributed by atoms with Crippen LogP contribution in [0.25, 0.3) is 5.69 Å². The molecule has 0 atom stereocenters. The lowest BCUT2D eigenvalue weighted by atomic mass is 10.3. The molecule has 0 unspecified atom stereocenters. The first-order valence-electron chi connectivity index (χ1n) is 9.23. The maximum Gasteiger partial charge on any atom is 0.236 e. The summed E-state index contributed by atoms with van der Waals surface area (Å²) in [5.74, 6) is -0.0897. The quantitative estimate of drug-likeness (QED) is 0.728. The Labute approximate surface area is 161 Å². The van der Waals surface area contributed by atoms with Gasteiger partial charge in [0, 0.05) is 31.4 Å². The summed E-state index contributed by atoms with van der Waals surface area (Å²) in [5, 5.41) is 7.21. The largest absolute Gasteiger partial charge is 0.353 e. The van der Waals surface area contributed by atoms with E-state index < -0.39 is 0 Å². The minimum absolute atomic E-state index is 0.0262. The summed E-state index contributed by atoms with van der Waals surface area (Å²) in [6.45, 7) is 7.33. The number of benzene rings is 1. The standard InChI is InChI=1S/C20H29N5O2/c1-5-24(14-19(26)22-16(2)3)15-20(27)23(4)12-17-11-21-25(13-17)18-9-7-6-8-10-18/h6-11,13,16H,5,12,14-15H2,1-4H3,(H,22,26). The van der Waals surface area contributed by atoms with Gasteiger partial charge in [0.25, 0.3) is 0 Å². The second kappa shape index (κ2) is 9.87. The third-order valence-corrected chi connectivity index (χ3v) is 4.13. The number of nitrogens with zero attached hydrogens (tertiary/aromatic N) is 4. The molecular formula is C20H29N5O2. The summed E-state index contributed by atoms with van der Waals surface area (Å²) in [4.78, 5) is 27.9. The van der Waals surface area contributed by atoms with Crippen LogP contribution in [0, 0.1) is 0 Å². The lowest BCUT2D eigenvalue weighted by Gasteiger charge is -2.23. The van der Waals surface area contributed by atoms with E-state index in [1.54, 1.807) is 22.8 Å². The van der Waals surface area contributed by atoms with E-state index in [2.05, 4.69) is 10.4 Å². The van der Waals surface area contributed by atoms with Crippen molar-refractivity contribution in [3.8, 4) is 5.69 Å². The second-order valence-corrected chi connectivity index (χ2v) is 6.90. The van der Waals surface area contributed by atoms with E-state index in [-0.39, 0.29) is 30.9 Å². The predicted octanol–water partition coefficient (Wildman–Crippen LogP) is 1.68. The fourth-order valence-electron chi connectivity index (χ4n) is 2.69. The molecule has 0 fully saturated rings. The second-order valence-electron chi connectivity index (χ2n) is 6.90. The van der Waals surface area contributed by atoms with Crippen molar-refractivity contribution >= 4 is 11.8 Å². The van der Waals surface area contributed by atoms with Crippen molar-refractivity contribution in [2.24, 2.45) is 0 Å². The van der Waals surface area contributed by atoms with Crippen molar-refractivity contribution in [1.82, 2.24) is 24.9 Å². The fraction of sp³-hybridized carbons (Fsp3) is 0.450. The first-order valence-corrected chi connectivity index (χ1v) is 9.23. The van der Waals surface area contributed by atoms with Gasteiger partial charge in [-0.3, -0.25) is 14.5 Å². The highest BCUT2D eigenvalue weighted by atomic mass is 16.2. The zero-order valence-electron chi connectivity index (χ0n) is 16.6. The highest BCUT2D eigenvalue weighted by Gasteiger charge is 2.17. The van der Waals surface area contributed by atoms with Crippen molar-refractivity contribution in [3.63, 3.8) is 0 Å². The number of hydrogen-bond acceptors (Lipinski definition) is 4. The Hall–Kier alpha value is -2.67. The maximum atomic E-state index is 12.5. The maximum absolute atomic E-state index is 12.5. The molecule has 27 heavy (non-hydrogen) atoms. The van der Waals surface area contributed by atoms with Crippen molar-refractivity contribution < 1.29 is 9.59 Å². The van der Waals surface area contributed by atoms with Gasteiger partial charge < -0.3 is 10.2 Å². The third-order valence-electron chi connectivity index (χ3n) is 4.13. The smallest absolute Gasteiger partial charge is 0.236 e. The van der Waals surface area contributed by atoms with E-state index in [0.29, 0.717) is 13.1 Å². The van der Waals surface area contributed by atoms with E-state index in [0.717, 1.165) is 11.3 Å². The van der Waals surface area contributed by atoms with E-state index in [4.69, 9.17) is 0 Å². The highest BCUT2D eigenvalue weighted by Crippen LogP contribution is 2.09. The first kappa shape index (κ1) is 20.6. The van der Waals surface area contributed by atoms with Crippen molar-refractivity contribution in [2.45, 2.75) is 33.4 Å². The molecule has 2 aromatic rings. The molecule has 2 amide bonds. The molecule has 0 saturated carbocycles. The van der Waals surface area contributed by atoms with Gasteiger partial charge in [0.1, 0.15) is 0 Å². The molecule has 7 heteroatoms. The Balaban J connectivity index is 1.89. The monoisotopic (exact) mass is 371 g/mol. The molecule has 0 aliphatic heterocycles. The number of likely N-dealkylation sites (N-methyl/N-ethyl adjacent to an activating group) is 2. The number of carbonyl (C=O) groups excluding carboxylic acids is 2. The van der Waals surface area contributed by atoms with Gasteiger partial charge in [-0.05, 0) is 32.5 Å². The molecule has 0 saturated heterocycles. The number of amides is 2. The molecule has 1 heterocycles. The Morgan fingerprint density at radius 3 is 2.52 bits per heavy atom. The molecule has 0 bridgehead atoms. The lowest BCUT2D eigenvalue weighted by molar-refractivity contribution is -0.132. The summed E-state index contributed by atoms with van der Waals surface area (Å²) in [6.07, 6.45) is 3.69. The topological polar surface area (TPSA) is 70.5 Å². The van der Waals surface area contributed by atoms with Crippen LogP contribution < -0.4 is 5.32 Å². The molecule has 146 valence electrons. The number of carbonyl (C=O) groups is 2. The van der Waals surface area contributed by atoms with Gasteiger partial charge in [0.15, 0.2) is 0 Å². The summed E-state index contributed by atoms with van der Waals surface area (Å²) < 4.78 is 1.79. The van der Waals surface area contributed by atoms with Crippen LogP contribution in [0.1, 0.15) is 26.3 Å². The number of para-hydroxylation sites is 1. The molecule has 0 aliphatic rings. The molecule has 1 aromatic heterocycles. The SMILES string of the molecule is CCN(CC(=O)NC(C)C)CC(=O)N(C)Cc1cnn(-c2ccccc2)c1. The number of rotatable bonds is 9. The van der Waals surface area contributed by atoms with Crippen molar-refractivity contribution in [1.29, 1.82) is 0 Å². The van der Waals surface area contributed by atoms with Crippen LogP contribution in [-0.4, -0.2) is 64.1 Å². The Bertz CT molecular complexity index is 742. The summed E-state index contributed by atoms with van der Waals surface area (Å²) in [5.41, 5.74) is 1.93. The van der Waals surface area contributed by atoms with E-state index in [1.807, 2.05) is 62.2 Å². The van der Waals surface area contributed by atoms with Gasteiger partial charge >= 0.3 is 0 Å². The Kier molecular flexibility index (Phi) is 7.55. The molecule has 7 nitrogen and oxygen atoms in total. The third kappa shape index (κ3) is 6.53. The van der Waals surface area contributed by atoms with Gasteiger partial charge in [-0.25, -0.2) is 4.68 Å².